The number of hydrogen-bond donors (Lipinski definition) is 0. The van der Waals surface area contributed by atoms with Gasteiger partial charge in [0.25, 0.3) is 0 Å². The van der Waals surface area contributed by atoms with Crippen molar-refractivity contribution >= 4 is 60.0 Å². The molecule has 12 rings (SSSR count). The lowest BCUT2D eigenvalue weighted by Gasteiger charge is -2.13. The molecule has 11 aromatic rings. The van der Waals surface area contributed by atoms with Crippen LogP contribution in [0.25, 0.3) is 105 Å². The average molecular weight is 753 g/mol. The quantitative estimate of drug-likeness (QED) is 0.166. The predicted octanol–water partition coefficient (Wildman–Crippen LogP) is 15.4. The minimum absolute atomic E-state index is 1.02. The van der Waals surface area contributed by atoms with E-state index in [4.69, 9.17) is 0 Å². The molecule has 0 amide bonds. The Labute approximate surface area is 343 Å². The maximum Gasteiger partial charge on any atom is 0.0619 e. The van der Waals surface area contributed by atoms with E-state index in [1.54, 1.807) is 0 Å². The molecule has 1 aliphatic rings. The van der Waals surface area contributed by atoms with Gasteiger partial charge in [0.05, 0.1) is 22.1 Å². The molecule has 0 radical (unpaired) electrons. The lowest BCUT2D eigenvalue weighted by molar-refractivity contribution is 1.13. The molecule has 2 nitrogen and oxygen atoms in total. The maximum absolute atomic E-state index is 2.51. The van der Waals surface area contributed by atoms with E-state index in [1.807, 2.05) is 0 Å². The molecule has 0 atom stereocenters. The molecular weight excluding hydrogens is 713 g/mol. The summed E-state index contributed by atoms with van der Waals surface area (Å²) in [4.78, 5) is 0. The molecule has 0 saturated heterocycles. The zero-order chi connectivity index (χ0) is 39.2. The maximum atomic E-state index is 2.51. The number of rotatable bonds is 5. The molecule has 0 bridgehead atoms. The van der Waals surface area contributed by atoms with Gasteiger partial charge in [0, 0.05) is 38.3 Å². The van der Waals surface area contributed by atoms with Crippen LogP contribution in [-0.2, 0) is 6.42 Å². The van der Waals surface area contributed by atoms with Crippen LogP contribution in [0.15, 0.2) is 194 Å². The van der Waals surface area contributed by atoms with Crippen molar-refractivity contribution in [1.29, 1.82) is 0 Å². The van der Waals surface area contributed by atoms with Gasteiger partial charge in [-0.3, -0.25) is 0 Å². The van der Waals surface area contributed by atoms with Gasteiger partial charge >= 0.3 is 0 Å². The molecule has 0 saturated carbocycles. The fourth-order valence-electron chi connectivity index (χ4n) is 10.1. The number of allylic oxidation sites excluding steroid dienone is 1. The molecule has 2 heteroatoms. The molecular formula is C57H40N2. The van der Waals surface area contributed by atoms with Gasteiger partial charge in [-0.1, -0.05) is 153 Å². The highest BCUT2D eigenvalue weighted by Crippen LogP contribution is 2.48. The number of aryl methyl sites for hydroxylation is 1. The Hall–Kier alpha value is -7.42. The number of hydrogen-bond acceptors (Lipinski definition) is 0. The lowest BCUT2D eigenvalue weighted by atomic mass is 9.96. The van der Waals surface area contributed by atoms with Crippen LogP contribution < -0.4 is 0 Å². The van der Waals surface area contributed by atoms with E-state index in [-0.39, 0.29) is 0 Å². The van der Waals surface area contributed by atoms with Crippen LogP contribution in [-0.4, -0.2) is 9.13 Å². The number of fused-ring (bicyclic) bond motifs is 11. The number of para-hydroxylation sites is 2. The van der Waals surface area contributed by atoms with Crippen LogP contribution in [0, 0.1) is 0 Å². The van der Waals surface area contributed by atoms with Gasteiger partial charge < -0.3 is 9.13 Å². The topological polar surface area (TPSA) is 9.86 Å². The molecule has 0 spiro atoms. The van der Waals surface area contributed by atoms with E-state index in [9.17, 15) is 0 Å². The van der Waals surface area contributed by atoms with Crippen LogP contribution in [0.4, 0.5) is 0 Å². The molecule has 9 aromatic carbocycles. The third-order valence-corrected chi connectivity index (χ3v) is 12.8. The van der Waals surface area contributed by atoms with Crippen LogP contribution in [0.1, 0.15) is 30.5 Å². The van der Waals surface area contributed by atoms with Crippen molar-refractivity contribution in [2.24, 2.45) is 0 Å². The van der Waals surface area contributed by atoms with Crippen molar-refractivity contribution < 1.29 is 0 Å². The van der Waals surface area contributed by atoms with Gasteiger partial charge in [0.2, 0.25) is 0 Å². The Morgan fingerprint density at radius 2 is 1.03 bits per heavy atom. The van der Waals surface area contributed by atoms with Gasteiger partial charge in [0.15, 0.2) is 0 Å². The number of nitrogens with zero attached hydrogens (tertiary/aromatic N) is 2. The highest BCUT2D eigenvalue weighted by Gasteiger charge is 2.26. The molecule has 1 aliphatic carbocycles. The number of aromatic nitrogens is 2. The molecule has 0 unspecified atom stereocenters. The molecule has 2 heterocycles. The largest absolute Gasteiger partial charge is 0.309 e. The summed E-state index contributed by atoms with van der Waals surface area (Å²) >= 11 is 0. The zero-order valence-corrected chi connectivity index (χ0v) is 33.1. The molecule has 0 N–H and O–H groups in total. The first-order valence-electron chi connectivity index (χ1n) is 20.8. The zero-order valence-electron chi connectivity index (χ0n) is 33.1. The summed E-state index contributed by atoms with van der Waals surface area (Å²) in [7, 11) is 0. The smallest absolute Gasteiger partial charge is 0.0619 e. The normalized spacial score (nSPS) is 13.0. The summed E-state index contributed by atoms with van der Waals surface area (Å²) in [6.45, 7) is 4.43. The Kier molecular flexibility index (Phi) is 7.46. The summed E-state index contributed by atoms with van der Waals surface area (Å²) in [5.74, 6) is 0. The van der Waals surface area contributed by atoms with E-state index in [0.29, 0.717) is 0 Å². The van der Waals surface area contributed by atoms with Gasteiger partial charge in [-0.2, -0.15) is 0 Å². The van der Waals surface area contributed by atoms with Gasteiger partial charge in [-0.05, 0) is 123 Å². The second kappa shape index (κ2) is 13.1. The van der Waals surface area contributed by atoms with Crippen molar-refractivity contribution in [2.45, 2.75) is 20.3 Å². The van der Waals surface area contributed by atoms with E-state index < -0.39 is 0 Å². The highest BCUT2D eigenvalue weighted by molar-refractivity contribution is 6.19. The first-order valence-corrected chi connectivity index (χ1v) is 20.8. The SMILES string of the molecule is C/C=C1/c2cc(-c3cccc(-n4c5cc(-c6ccc7c8ccccc8n(-c8ccccc8)c7c6)ccc5c5ccc6ccccc6c54)c3)ccc2-c2cccc(CC)c21. The van der Waals surface area contributed by atoms with Crippen LogP contribution in [0.5, 0.6) is 0 Å². The van der Waals surface area contributed by atoms with Gasteiger partial charge in [-0.15, -0.1) is 0 Å². The van der Waals surface area contributed by atoms with E-state index in [2.05, 4.69) is 217 Å². The van der Waals surface area contributed by atoms with E-state index >= 15 is 0 Å². The summed E-state index contributed by atoms with van der Waals surface area (Å²) in [5.41, 5.74) is 20.1. The Morgan fingerprint density at radius 1 is 0.407 bits per heavy atom. The third kappa shape index (κ3) is 5.00. The molecule has 0 aliphatic heterocycles. The first-order chi connectivity index (χ1) is 29.2. The van der Waals surface area contributed by atoms with Crippen LogP contribution in [0.2, 0.25) is 0 Å². The Bertz CT molecular complexity index is 3540. The molecule has 0 fully saturated rings. The van der Waals surface area contributed by atoms with Gasteiger partial charge in [0.1, 0.15) is 0 Å². The summed E-state index contributed by atoms with van der Waals surface area (Å²) in [6, 6.07) is 69.8. The van der Waals surface area contributed by atoms with Gasteiger partial charge in [-0.25, -0.2) is 0 Å². The standard InChI is InChI=1S/C57H40N2/c1-3-36-15-13-22-50-46-28-25-39(33-52(46)44(4-2)56(36)50)38-16-12-19-43(32-38)59-55-35-41(27-30-49(55)51-31-24-37-14-8-9-20-45(37)57(51)59)40-26-29-48-47-21-10-11-23-53(47)58(54(48)34-40)42-17-6-5-7-18-42/h4-35H,3H2,1-2H3/b44-4-. The highest BCUT2D eigenvalue weighted by atomic mass is 15.0. The second-order valence-electron chi connectivity index (χ2n) is 15.9. The lowest BCUT2D eigenvalue weighted by Crippen LogP contribution is -1.96. The number of benzene rings is 9. The minimum atomic E-state index is 1.02. The average Bonchev–Trinajstić information content (AvgIpc) is 3.94. The van der Waals surface area contributed by atoms with Crippen molar-refractivity contribution in [1.82, 2.24) is 9.13 Å². The second-order valence-corrected chi connectivity index (χ2v) is 15.9. The predicted molar refractivity (Wildman–Crippen MR) is 251 cm³/mol. The molecule has 59 heavy (non-hydrogen) atoms. The van der Waals surface area contributed by atoms with Crippen molar-refractivity contribution in [3.8, 4) is 44.8 Å². The first kappa shape index (κ1) is 33.7. The summed E-state index contributed by atoms with van der Waals surface area (Å²) in [6.07, 6.45) is 3.31. The van der Waals surface area contributed by atoms with Crippen LogP contribution >= 0.6 is 0 Å². The van der Waals surface area contributed by atoms with Crippen molar-refractivity contribution in [3.63, 3.8) is 0 Å². The van der Waals surface area contributed by atoms with E-state index in [1.165, 1.54) is 116 Å². The molecule has 2 aromatic heterocycles. The fraction of sp³-hybridized carbons (Fsp3) is 0.0526. The Balaban J connectivity index is 1.06. The monoisotopic (exact) mass is 752 g/mol. The molecule has 278 valence electrons. The fourth-order valence-corrected chi connectivity index (χ4v) is 10.1. The van der Waals surface area contributed by atoms with Crippen molar-refractivity contribution in [2.75, 3.05) is 0 Å². The minimum Gasteiger partial charge on any atom is -0.309 e. The van der Waals surface area contributed by atoms with E-state index in [0.717, 1.165) is 12.1 Å². The van der Waals surface area contributed by atoms with Crippen LogP contribution in [0.3, 0.4) is 0 Å². The summed E-state index contributed by atoms with van der Waals surface area (Å²) < 4.78 is 4.91. The summed E-state index contributed by atoms with van der Waals surface area (Å²) in [5, 5.41) is 7.52. The Morgan fingerprint density at radius 3 is 1.85 bits per heavy atom. The third-order valence-electron chi connectivity index (χ3n) is 12.8. The van der Waals surface area contributed by atoms with Crippen molar-refractivity contribution in [3.05, 3.63) is 211 Å².